The Labute approximate surface area is 94.3 Å². The fraction of sp³-hybridized carbons (Fsp3) is 1.00. The molecule has 0 saturated heterocycles. The zero-order chi connectivity index (χ0) is 10.9. The van der Waals surface area contributed by atoms with Crippen molar-refractivity contribution in [1.82, 2.24) is 0 Å². The van der Waals surface area contributed by atoms with Crippen LogP contribution in [0.3, 0.4) is 0 Å². The van der Waals surface area contributed by atoms with Gasteiger partial charge in [0.15, 0.2) is 0 Å². The Balaban J connectivity index is 2.03. The van der Waals surface area contributed by atoms with Crippen molar-refractivity contribution < 1.29 is 9.47 Å². The van der Waals surface area contributed by atoms with Crippen molar-refractivity contribution in [3.63, 3.8) is 0 Å². The minimum Gasteiger partial charge on any atom is -0.382 e. The predicted molar refractivity (Wildman–Crippen MR) is 63.1 cm³/mol. The fourth-order valence-corrected chi connectivity index (χ4v) is 2.57. The quantitative estimate of drug-likeness (QED) is 0.646. The van der Waals surface area contributed by atoms with E-state index in [2.05, 4.69) is 0 Å². The van der Waals surface area contributed by atoms with Gasteiger partial charge in [0.1, 0.15) is 0 Å². The molecule has 1 aliphatic carbocycles. The smallest absolute Gasteiger partial charge is 0.0804 e. The van der Waals surface area contributed by atoms with E-state index in [4.69, 9.17) is 9.47 Å². The summed E-state index contributed by atoms with van der Waals surface area (Å²) in [5.74, 6) is 0.999. The minimum atomic E-state index is 0.304. The molecule has 1 aliphatic rings. The molecule has 0 heterocycles. The summed E-state index contributed by atoms with van der Waals surface area (Å²) in [6.07, 6.45) is 11.4. The summed E-state index contributed by atoms with van der Waals surface area (Å²) in [5.41, 5.74) is 0. The lowest BCUT2D eigenvalue weighted by atomic mass is 9.85. The Hall–Kier alpha value is -0.0800. The normalized spacial score (nSPS) is 20.4. The minimum absolute atomic E-state index is 0.304. The molecule has 1 fully saturated rings. The molecule has 0 radical (unpaired) electrons. The molecule has 90 valence electrons. The van der Waals surface area contributed by atoms with Gasteiger partial charge in [0.2, 0.25) is 0 Å². The molecular formula is C13H26O2. The number of hydrogen-bond donors (Lipinski definition) is 0. The Kier molecular flexibility index (Phi) is 7.03. The van der Waals surface area contributed by atoms with Gasteiger partial charge in [-0.3, -0.25) is 0 Å². The van der Waals surface area contributed by atoms with Crippen molar-refractivity contribution in [1.29, 1.82) is 0 Å². The molecular weight excluding hydrogens is 188 g/mol. The summed E-state index contributed by atoms with van der Waals surface area (Å²) in [5, 5.41) is 0. The molecule has 0 N–H and O–H groups in total. The topological polar surface area (TPSA) is 18.5 Å². The Morgan fingerprint density at radius 1 is 1.13 bits per heavy atom. The maximum absolute atomic E-state index is 5.36. The summed E-state index contributed by atoms with van der Waals surface area (Å²) in [6, 6.07) is 0. The Morgan fingerprint density at radius 2 is 1.87 bits per heavy atom. The molecule has 0 aliphatic heterocycles. The fourth-order valence-electron chi connectivity index (χ4n) is 2.57. The van der Waals surface area contributed by atoms with Gasteiger partial charge in [0.05, 0.1) is 12.7 Å². The van der Waals surface area contributed by atoms with Crippen molar-refractivity contribution in [3.05, 3.63) is 0 Å². The van der Waals surface area contributed by atoms with Crippen molar-refractivity contribution in [3.8, 4) is 0 Å². The monoisotopic (exact) mass is 214 g/mol. The lowest BCUT2D eigenvalue weighted by molar-refractivity contribution is 0.0212. The van der Waals surface area contributed by atoms with E-state index in [1.807, 2.05) is 0 Å². The van der Waals surface area contributed by atoms with Crippen LogP contribution in [-0.4, -0.2) is 26.9 Å². The van der Waals surface area contributed by atoms with Crippen molar-refractivity contribution in [2.45, 2.75) is 57.5 Å². The molecule has 0 aromatic carbocycles. The van der Waals surface area contributed by atoms with Gasteiger partial charge in [-0.1, -0.05) is 44.9 Å². The average molecular weight is 214 g/mol. The molecule has 15 heavy (non-hydrogen) atoms. The van der Waals surface area contributed by atoms with Gasteiger partial charge in [-0.25, -0.2) is 0 Å². The van der Waals surface area contributed by atoms with Crippen LogP contribution in [0.15, 0.2) is 0 Å². The highest BCUT2D eigenvalue weighted by molar-refractivity contribution is 4.67. The maximum atomic E-state index is 5.36. The summed E-state index contributed by atoms with van der Waals surface area (Å²) in [4.78, 5) is 0. The second-order valence-electron chi connectivity index (χ2n) is 4.75. The summed E-state index contributed by atoms with van der Waals surface area (Å²) >= 11 is 0. The van der Waals surface area contributed by atoms with E-state index < -0.39 is 0 Å². The van der Waals surface area contributed by atoms with Crippen molar-refractivity contribution in [2.24, 2.45) is 5.92 Å². The van der Waals surface area contributed by atoms with Crippen LogP contribution in [0.4, 0.5) is 0 Å². The van der Waals surface area contributed by atoms with E-state index in [1.54, 1.807) is 14.2 Å². The largest absolute Gasteiger partial charge is 0.382 e. The van der Waals surface area contributed by atoms with E-state index in [9.17, 15) is 0 Å². The predicted octanol–water partition coefficient (Wildman–Crippen LogP) is 3.40. The molecule has 0 spiro atoms. The number of methoxy groups -OCH3 is 2. The van der Waals surface area contributed by atoms with Crippen LogP contribution in [0.1, 0.15) is 51.4 Å². The first-order valence-corrected chi connectivity index (χ1v) is 6.38. The van der Waals surface area contributed by atoms with E-state index in [0.29, 0.717) is 6.10 Å². The molecule has 0 aromatic rings. The lowest BCUT2D eigenvalue weighted by Crippen LogP contribution is -2.17. The van der Waals surface area contributed by atoms with E-state index >= 15 is 0 Å². The maximum Gasteiger partial charge on any atom is 0.0804 e. The molecule has 0 aromatic heterocycles. The van der Waals surface area contributed by atoms with Gasteiger partial charge >= 0.3 is 0 Å². The molecule has 2 heteroatoms. The van der Waals surface area contributed by atoms with Crippen LogP contribution in [0.25, 0.3) is 0 Å². The van der Waals surface area contributed by atoms with E-state index in [0.717, 1.165) is 18.9 Å². The third kappa shape index (κ3) is 5.53. The first-order valence-electron chi connectivity index (χ1n) is 6.38. The molecule has 1 rings (SSSR count). The molecule has 0 bridgehead atoms. The highest BCUT2D eigenvalue weighted by atomic mass is 16.5. The van der Waals surface area contributed by atoms with Crippen LogP contribution in [-0.2, 0) is 9.47 Å². The Morgan fingerprint density at radius 3 is 2.47 bits per heavy atom. The van der Waals surface area contributed by atoms with Gasteiger partial charge in [-0.15, -0.1) is 0 Å². The molecule has 1 unspecified atom stereocenters. The van der Waals surface area contributed by atoms with Crippen LogP contribution in [0.2, 0.25) is 0 Å². The van der Waals surface area contributed by atoms with Crippen molar-refractivity contribution in [2.75, 3.05) is 20.8 Å². The van der Waals surface area contributed by atoms with E-state index in [1.165, 1.54) is 44.9 Å². The van der Waals surface area contributed by atoms with E-state index in [-0.39, 0.29) is 0 Å². The number of rotatable bonds is 7. The van der Waals surface area contributed by atoms with Gasteiger partial charge < -0.3 is 9.47 Å². The molecule has 1 saturated carbocycles. The first kappa shape index (κ1) is 13.0. The number of hydrogen-bond acceptors (Lipinski definition) is 2. The van der Waals surface area contributed by atoms with Crippen LogP contribution in [0.5, 0.6) is 0 Å². The molecule has 1 atom stereocenters. The Bertz CT molecular complexity index is 137. The second kappa shape index (κ2) is 8.12. The number of ether oxygens (including phenoxy) is 2. The zero-order valence-corrected chi connectivity index (χ0v) is 10.3. The van der Waals surface area contributed by atoms with Gasteiger partial charge in [0.25, 0.3) is 0 Å². The van der Waals surface area contributed by atoms with Crippen LogP contribution < -0.4 is 0 Å². The van der Waals surface area contributed by atoms with Crippen LogP contribution in [0, 0.1) is 5.92 Å². The highest BCUT2D eigenvalue weighted by Gasteiger charge is 2.14. The summed E-state index contributed by atoms with van der Waals surface area (Å²) in [7, 11) is 3.53. The first-order chi connectivity index (χ1) is 7.36. The third-order valence-corrected chi connectivity index (χ3v) is 3.55. The van der Waals surface area contributed by atoms with Crippen LogP contribution >= 0.6 is 0 Å². The van der Waals surface area contributed by atoms with Gasteiger partial charge in [0, 0.05) is 14.2 Å². The standard InChI is InChI=1S/C13H26O2/c1-14-11-13(15-2)10-6-9-12-7-4-3-5-8-12/h12-13H,3-11H2,1-2H3. The van der Waals surface area contributed by atoms with Gasteiger partial charge in [-0.2, -0.15) is 0 Å². The SMILES string of the molecule is COCC(CCCC1CCCCC1)OC. The van der Waals surface area contributed by atoms with Crippen molar-refractivity contribution >= 4 is 0 Å². The zero-order valence-electron chi connectivity index (χ0n) is 10.3. The summed E-state index contributed by atoms with van der Waals surface area (Å²) in [6.45, 7) is 0.737. The molecule has 2 nitrogen and oxygen atoms in total. The summed E-state index contributed by atoms with van der Waals surface area (Å²) < 4.78 is 10.5. The third-order valence-electron chi connectivity index (χ3n) is 3.55. The lowest BCUT2D eigenvalue weighted by Gasteiger charge is -2.22. The second-order valence-corrected chi connectivity index (χ2v) is 4.75. The highest BCUT2D eigenvalue weighted by Crippen LogP contribution is 2.27. The molecule has 0 amide bonds. The average Bonchev–Trinajstić information content (AvgIpc) is 2.29. The van der Waals surface area contributed by atoms with Gasteiger partial charge in [-0.05, 0) is 12.3 Å².